The summed E-state index contributed by atoms with van der Waals surface area (Å²) in [6, 6.07) is 10.6. The molecule has 0 amide bonds. The summed E-state index contributed by atoms with van der Waals surface area (Å²) in [4.78, 5) is 0. The molecule has 1 N–H and O–H groups in total. The minimum absolute atomic E-state index is 0.321. The van der Waals surface area contributed by atoms with E-state index in [4.69, 9.17) is 4.74 Å². The van der Waals surface area contributed by atoms with Crippen molar-refractivity contribution < 1.29 is 4.74 Å². The first-order valence-corrected chi connectivity index (χ1v) is 6.13. The maximum absolute atomic E-state index is 5.66. The fraction of sp³-hybridized carbons (Fsp3) is 0.571. The topological polar surface area (TPSA) is 21.3 Å². The summed E-state index contributed by atoms with van der Waals surface area (Å²) < 4.78 is 5.66. The maximum atomic E-state index is 5.66. The van der Waals surface area contributed by atoms with Crippen LogP contribution in [0.1, 0.15) is 25.3 Å². The molecule has 1 unspecified atom stereocenters. The summed E-state index contributed by atoms with van der Waals surface area (Å²) >= 11 is 0. The zero-order chi connectivity index (χ0) is 11.6. The van der Waals surface area contributed by atoms with Crippen LogP contribution in [0.15, 0.2) is 30.3 Å². The molecule has 0 aliphatic heterocycles. The van der Waals surface area contributed by atoms with Crippen molar-refractivity contribution in [1.82, 2.24) is 5.32 Å². The molecule has 2 heteroatoms. The molecule has 0 aliphatic carbocycles. The predicted octanol–water partition coefficient (Wildman–Crippen LogP) is 2.63. The van der Waals surface area contributed by atoms with Crippen LogP contribution in [-0.4, -0.2) is 26.3 Å². The van der Waals surface area contributed by atoms with Crippen molar-refractivity contribution in [3.05, 3.63) is 35.9 Å². The highest BCUT2D eigenvalue weighted by Gasteiger charge is 1.99. The molecule has 0 bridgehead atoms. The molecular weight excluding hydrogens is 198 g/mol. The van der Waals surface area contributed by atoms with Gasteiger partial charge in [0.15, 0.2) is 0 Å². The van der Waals surface area contributed by atoms with Gasteiger partial charge < -0.3 is 10.1 Å². The first-order chi connectivity index (χ1) is 7.83. The maximum Gasteiger partial charge on any atom is 0.0671 e. The highest BCUT2D eigenvalue weighted by Crippen LogP contribution is 2.04. The van der Waals surface area contributed by atoms with Crippen molar-refractivity contribution >= 4 is 0 Å². The summed E-state index contributed by atoms with van der Waals surface area (Å²) in [6.45, 7) is 3.90. The Morgan fingerprint density at radius 2 is 1.94 bits per heavy atom. The molecule has 0 saturated heterocycles. The third-order valence-electron chi connectivity index (χ3n) is 2.60. The van der Waals surface area contributed by atoms with Gasteiger partial charge in [0.25, 0.3) is 0 Å². The lowest BCUT2D eigenvalue weighted by molar-refractivity contribution is 0.0647. The van der Waals surface area contributed by atoms with E-state index < -0.39 is 0 Å². The number of nitrogens with one attached hydrogen (secondary N) is 1. The van der Waals surface area contributed by atoms with Crippen LogP contribution in [-0.2, 0) is 11.2 Å². The van der Waals surface area contributed by atoms with Gasteiger partial charge in [-0.3, -0.25) is 0 Å². The quantitative estimate of drug-likeness (QED) is 0.681. The molecular formula is C14H23NO. The van der Waals surface area contributed by atoms with E-state index in [1.165, 1.54) is 12.0 Å². The van der Waals surface area contributed by atoms with Crippen LogP contribution in [0.5, 0.6) is 0 Å². The molecule has 1 aromatic carbocycles. The number of aryl methyl sites for hydroxylation is 1. The van der Waals surface area contributed by atoms with Gasteiger partial charge in [-0.1, -0.05) is 30.3 Å². The Morgan fingerprint density at radius 1 is 1.19 bits per heavy atom. The molecule has 2 nitrogen and oxygen atoms in total. The smallest absolute Gasteiger partial charge is 0.0671 e. The Hall–Kier alpha value is -0.860. The highest BCUT2D eigenvalue weighted by atomic mass is 16.5. The van der Waals surface area contributed by atoms with Gasteiger partial charge >= 0.3 is 0 Å². The average Bonchev–Trinajstić information content (AvgIpc) is 2.30. The zero-order valence-electron chi connectivity index (χ0n) is 10.4. The predicted molar refractivity (Wildman–Crippen MR) is 68.7 cm³/mol. The Labute approximate surface area is 99.0 Å². The first kappa shape index (κ1) is 13.2. The van der Waals surface area contributed by atoms with Crippen molar-refractivity contribution in [2.45, 2.75) is 32.3 Å². The van der Waals surface area contributed by atoms with Gasteiger partial charge in [0, 0.05) is 13.2 Å². The van der Waals surface area contributed by atoms with E-state index in [-0.39, 0.29) is 0 Å². The standard InChI is InChI=1S/C14H23NO/c1-13(12-15-2)16-11-7-6-10-14-8-4-3-5-9-14/h3-5,8-9,13,15H,6-7,10-12H2,1-2H3. The van der Waals surface area contributed by atoms with Crippen LogP contribution in [0.3, 0.4) is 0 Å². The molecule has 1 aromatic rings. The van der Waals surface area contributed by atoms with Crippen molar-refractivity contribution in [1.29, 1.82) is 0 Å². The van der Waals surface area contributed by atoms with Crippen LogP contribution in [0.2, 0.25) is 0 Å². The van der Waals surface area contributed by atoms with Gasteiger partial charge in [-0.25, -0.2) is 0 Å². The first-order valence-electron chi connectivity index (χ1n) is 6.13. The minimum Gasteiger partial charge on any atom is -0.377 e. The number of likely N-dealkylation sites (N-methyl/N-ethyl adjacent to an activating group) is 1. The van der Waals surface area contributed by atoms with Crippen LogP contribution >= 0.6 is 0 Å². The monoisotopic (exact) mass is 221 g/mol. The van der Waals surface area contributed by atoms with Crippen molar-refractivity contribution in [2.75, 3.05) is 20.2 Å². The summed E-state index contributed by atoms with van der Waals surface area (Å²) in [5.74, 6) is 0. The average molecular weight is 221 g/mol. The second kappa shape index (κ2) is 8.31. The SMILES string of the molecule is CNCC(C)OCCCCc1ccccc1. The Morgan fingerprint density at radius 3 is 2.62 bits per heavy atom. The number of unbranched alkanes of at least 4 members (excludes halogenated alkanes) is 1. The minimum atomic E-state index is 0.321. The summed E-state index contributed by atoms with van der Waals surface area (Å²) in [5, 5.41) is 3.11. The molecule has 1 atom stereocenters. The van der Waals surface area contributed by atoms with Gasteiger partial charge in [-0.15, -0.1) is 0 Å². The zero-order valence-corrected chi connectivity index (χ0v) is 10.4. The van der Waals surface area contributed by atoms with E-state index in [2.05, 4.69) is 42.6 Å². The Balaban J connectivity index is 2.00. The lowest BCUT2D eigenvalue weighted by atomic mass is 10.1. The van der Waals surface area contributed by atoms with Crippen LogP contribution < -0.4 is 5.32 Å². The fourth-order valence-electron chi connectivity index (χ4n) is 1.71. The molecule has 1 rings (SSSR count). The summed E-state index contributed by atoms with van der Waals surface area (Å²) in [7, 11) is 1.95. The summed E-state index contributed by atoms with van der Waals surface area (Å²) in [6.07, 6.45) is 3.82. The second-order valence-electron chi connectivity index (χ2n) is 4.18. The van der Waals surface area contributed by atoms with Crippen LogP contribution in [0.25, 0.3) is 0 Å². The third-order valence-corrected chi connectivity index (χ3v) is 2.60. The number of rotatable bonds is 8. The lowest BCUT2D eigenvalue weighted by Gasteiger charge is -2.11. The number of ether oxygens (including phenoxy) is 1. The summed E-state index contributed by atoms with van der Waals surface area (Å²) in [5.41, 5.74) is 1.42. The van der Waals surface area contributed by atoms with Crippen molar-refractivity contribution in [2.24, 2.45) is 0 Å². The van der Waals surface area contributed by atoms with E-state index in [1.54, 1.807) is 0 Å². The van der Waals surface area contributed by atoms with Crippen LogP contribution in [0.4, 0.5) is 0 Å². The van der Waals surface area contributed by atoms with E-state index in [0.717, 1.165) is 26.0 Å². The van der Waals surface area contributed by atoms with E-state index >= 15 is 0 Å². The Bertz CT molecular complexity index is 261. The number of benzene rings is 1. The number of hydrogen-bond acceptors (Lipinski definition) is 2. The molecule has 0 aromatic heterocycles. The van der Waals surface area contributed by atoms with E-state index in [0.29, 0.717) is 6.10 Å². The highest BCUT2D eigenvalue weighted by molar-refractivity contribution is 5.14. The molecule has 0 spiro atoms. The molecule has 0 fully saturated rings. The molecule has 90 valence electrons. The largest absolute Gasteiger partial charge is 0.377 e. The second-order valence-corrected chi connectivity index (χ2v) is 4.18. The normalized spacial score (nSPS) is 12.6. The van der Waals surface area contributed by atoms with E-state index in [1.807, 2.05) is 7.05 Å². The van der Waals surface area contributed by atoms with Gasteiger partial charge in [-0.2, -0.15) is 0 Å². The van der Waals surface area contributed by atoms with Crippen LogP contribution in [0, 0.1) is 0 Å². The molecule has 0 radical (unpaired) electrons. The van der Waals surface area contributed by atoms with Gasteiger partial charge in [-0.05, 0) is 38.8 Å². The molecule has 0 heterocycles. The molecule has 0 aliphatic rings. The lowest BCUT2D eigenvalue weighted by Crippen LogP contribution is -2.23. The van der Waals surface area contributed by atoms with Gasteiger partial charge in [0.1, 0.15) is 0 Å². The fourth-order valence-corrected chi connectivity index (χ4v) is 1.71. The number of hydrogen-bond donors (Lipinski definition) is 1. The van der Waals surface area contributed by atoms with Crippen molar-refractivity contribution in [3.63, 3.8) is 0 Å². The van der Waals surface area contributed by atoms with E-state index in [9.17, 15) is 0 Å². The molecule has 0 saturated carbocycles. The molecule has 16 heavy (non-hydrogen) atoms. The van der Waals surface area contributed by atoms with Crippen molar-refractivity contribution in [3.8, 4) is 0 Å². The third kappa shape index (κ3) is 5.89. The van der Waals surface area contributed by atoms with Gasteiger partial charge in [0.05, 0.1) is 6.10 Å². The van der Waals surface area contributed by atoms with Gasteiger partial charge in [0.2, 0.25) is 0 Å². The Kier molecular flexibility index (Phi) is 6.86.